The first-order valence-corrected chi connectivity index (χ1v) is 9.31. The van der Waals surface area contributed by atoms with Crippen LogP contribution in [-0.2, 0) is 28.1 Å². The van der Waals surface area contributed by atoms with Gasteiger partial charge in [0, 0.05) is 25.5 Å². The number of alkyl halides is 6. The van der Waals surface area contributed by atoms with Crippen LogP contribution in [0.4, 0.5) is 26.3 Å². The third-order valence-corrected chi connectivity index (χ3v) is 4.71. The van der Waals surface area contributed by atoms with Crippen LogP contribution < -0.4 is 11.1 Å². The van der Waals surface area contributed by atoms with Gasteiger partial charge in [-0.05, 0) is 16.7 Å². The lowest BCUT2D eigenvalue weighted by Crippen LogP contribution is -2.47. The third kappa shape index (κ3) is 6.02. The van der Waals surface area contributed by atoms with Crippen molar-refractivity contribution >= 4 is 17.7 Å². The molecule has 33 heavy (non-hydrogen) atoms. The Labute approximate surface area is 184 Å². The molecule has 4 N–H and O–H groups in total. The summed E-state index contributed by atoms with van der Waals surface area (Å²) in [6.07, 6.45) is -10.0. The maximum atomic E-state index is 14.1. The molecule has 1 aliphatic heterocycles. The van der Waals surface area contributed by atoms with Gasteiger partial charge in [0.1, 0.15) is 5.84 Å². The molecule has 0 bridgehead atoms. The molecule has 2 aromatic carbocycles. The van der Waals surface area contributed by atoms with E-state index in [1.165, 1.54) is 19.1 Å². The summed E-state index contributed by atoms with van der Waals surface area (Å²) in [5.74, 6) is -3.11. The van der Waals surface area contributed by atoms with Gasteiger partial charge in [-0.25, -0.2) is 9.79 Å². The molecule has 0 saturated carbocycles. The highest BCUT2D eigenvalue weighted by Crippen LogP contribution is 2.47. The zero-order valence-corrected chi connectivity index (χ0v) is 17.1. The van der Waals surface area contributed by atoms with Crippen molar-refractivity contribution in [3.63, 3.8) is 0 Å². The van der Waals surface area contributed by atoms with Gasteiger partial charge in [0.25, 0.3) is 0 Å². The predicted molar refractivity (Wildman–Crippen MR) is 106 cm³/mol. The number of amidine groups is 1. The van der Waals surface area contributed by atoms with Crippen LogP contribution in [0.5, 0.6) is 0 Å². The molecule has 0 fully saturated rings. The van der Waals surface area contributed by atoms with Crippen LogP contribution in [0.1, 0.15) is 29.2 Å². The number of aliphatic imine (C=N–C) groups is 1. The second-order valence-electron chi connectivity index (χ2n) is 7.10. The minimum atomic E-state index is -5.08. The largest absolute Gasteiger partial charge is 0.490 e. The lowest BCUT2D eigenvalue weighted by Gasteiger charge is -2.36. The number of benzene rings is 2. The minimum absolute atomic E-state index is 0.0494. The molecule has 3 rings (SSSR count). The molecule has 2 aromatic rings. The number of carboxylic acid groups (broad SMARTS) is 1. The maximum Gasteiger partial charge on any atom is 0.490 e. The summed E-state index contributed by atoms with van der Waals surface area (Å²) in [6.45, 7) is 1.62. The quantitative estimate of drug-likeness (QED) is 0.589. The fourth-order valence-electron chi connectivity index (χ4n) is 3.17. The molecule has 178 valence electrons. The number of halogens is 6. The average molecular weight is 475 g/mol. The monoisotopic (exact) mass is 475 g/mol. The summed E-state index contributed by atoms with van der Waals surface area (Å²) >= 11 is 0. The molecule has 1 heterocycles. The fourth-order valence-corrected chi connectivity index (χ4v) is 3.17. The first-order valence-electron chi connectivity index (χ1n) is 9.31. The van der Waals surface area contributed by atoms with Crippen molar-refractivity contribution in [1.29, 1.82) is 0 Å². The smallest absolute Gasteiger partial charge is 0.475 e. The molecule has 1 amide bonds. The molecule has 0 spiro atoms. The zero-order valence-electron chi connectivity index (χ0n) is 17.1. The van der Waals surface area contributed by atoms with E-state index in [1.54, 1.807) is 36.4 Å². The molecule has 0 aliphatic carbocycles. The topological polar surface area (TPSA) is 105 Å². The van der Waals surface area contributed by atoms with E-state index >= 15 is 0 Å². The Balaban J connectivity index is 0.000000479. The number of amides is 1. The van der Waals surface area contributed by atoms with E-state index in [0.717, 1.165) is 0 Å². The van der Waals surface area contributed by atoms with E-state index in [0.29, 0.717) is 16.7 Å². The molecule has 0 radical (unpaired) electrons. The highest BCUT2D eigenvalue weighted by molar-refractivity contribution is 6.00. The number of nitrogens with one attached hydrogen (secondary N) is 1. The summed E-state index contributed by atoms with van der Waals surface area (Å²) in [5, 5.41) is 9.76. The van der Waals surface area contributed by atoms with Crippen molar-refractivity contribution in [1.82, 2.24) is 5.32 Å². The second-order valence-corrected chi connectivity index (χ2v) is 7.10. The van der Waals surface area contributed by atoms with Crippen LogP contribution in [0.15, 0.2) is 53.5 Å². The number of aliphatic carboxylic acids is 1. The van der Waals surface area contributed by atoms with Crippen LogP contribution in [-0.4, -0.2) is 35.2 Å². The average Bonchev–Trinajstić information content (AvgIpc) is 2.71. The van der Waals surface area contributed by atoms with Crippen molar-refractivity contribution in [2.45, 2.75) is 37.8 Å². The van der Waals surface area contributed by atoms with Crippen LogP contribution in [0.25, 0.3) is 0 Å². The summed E-state index contributed by atoms with van der Waals surface area (Å²) in [4.78, 5) is 23.9. The number of carbonyl (C=O) groups excluding carboxylic acids is 1. The summed E-state index contributed by atoms with van der Waals surface area (Å²) < 4.78 is 74.0. The number of nitrogens with zero attached hydrogens (tertiary/aromatic N) is 1. The molecule has 1 unspecified atom stereocenters. The molecule has 0 aromatic heterocycles. The van der Waals surface area contributed by atoms with Gasteiger partial charge in [0.15, 0.2) is 5.54 Å². The number of rotatable bonds is 3. The summed E-state index contributed by atoms with van der Waals surface area (Å²) in [6, 6.07) is 12.6. The Hall–Kier alpha value is -3.57. The molecule has 1 aliphatic rings. The molecule has 12 heteroatoms. The molecule has 6 nitrogen and oxygen atoms in total. The Morgan fingerprint density at radius 2 is 1.67 bits per heavy atom. The zero-order chi connectivity index (χ0) is 25.0. The van der Waals surface area contributed by atoms with E-state index in [2.05, 4.69) is 10.3 Å². The molecule has 0 saturated heterocycles. The number of hydrogen-bond acceptors (Lipinski definition) is 4. The highest BCUT2D eigenvalue weighted by atomic mass is 19.4. The number of hydrogen-bond donors (Lipinski definition) is 3. The molecular weight excluding hydrogens is 456 g/mol. The van der Waals surface area contributed by atoms with Crippen molar-refractivity contribution < 1.29 is 41.0 Å². The van der Waals surface area contributed by atoms with Crippen LogP contribution in [0, 0.1) is 0 Å². The van der Waals surface area contributed by atoms with Gasteiger partial charge < -0.3 is 16.2 Å². The first kappa shape index (κ1) is 25.7. The minimum Gasteiger partial charge on any atom is -0.475 e. The van der Waals surface area contributed by atoms with E-state index in [1.807, 2.05) is 0 Å². The Kier molecular flexibility index (Phi) is 7.40. The third-order valence-electron chi connectivity index (χ3n) is 4.71. The Bertz CT molecular complexity index is 1050. The number of nitrogens with two attached hydrogens (primary N) is 1. The van der Waals surface area contributed by atoms with E-state index in [4.69, 9.17) is 15.6 Å². The van der Waals surface area contributed by atoms with Gasteiger partial charge in [0.05, 0.1) is 0 Å². The SMILES string of the molecule is CC(=O)NCc1ccc2c(c1)CC(c1ccccc1)(C(F)(F)F)N=C2N.O=C(O)C(F)(F)F. The lowest BCUT2D eigenvalue weighted by atomic mass is 9.79. The lowest BCUT2D eigenvalue weighted by molar-refractivity contribution is -0.192. The van der Waals surface area contributed by atoms with Gasteiger partial charge in [-0.3, -0.25) is 4.79 Å². The molecular formula is C21H19F6N3O3. The van der Waals surface area contributed by atoms with Crippen LogP contribution in [0.3, 0.4) is 0 Å². The van der Waals surface area contributed by atoms with Crippen molar-refractivity contribution in [2.24, 2.45) is 10.7 Å². The van der Waals surface area contributed by atoms with E-state index < -0.39 is 23.9 Å². The van der Waals surface area contributed by atoms with E-state index in [-0.39, 0.29) is 30.3 Å². The van der Waals surface area contributed by atoms with Crippen molar-refractivity contribution in [2.75, 3.05) is 0 Å². The molecule has 1 atom stereocenters. The highest BCUT2D eigenvalue weighted by Gasteiger charge is 2.57. The van der Waals surface area contributed by atoms with Gasteiger partial charge >= 0.3 is 18.3 Å². The van der Waals surface area contributed by atoms with Gasteiger partial charge in [0.2, 0.25) is 5.91 Å². The van der Waals surface area contributed by atoms with Crippen LogP contribution in [0.2, 0.25) is 0 Å². The van der Waals surface area contributed by atoms with Gasteiger partial charge in [-0.15, -0.1) is 0 Å². The van der Waals surface area contributed by atoms with Gasteiger partial charge in [-0.1, -0.05) is 48.5 Å². The van der Waals surface area contributed by atoms with Crippen LogP contribution >= 0.6 is 0 Å². The maximum absolute atomic E-state index is 14.1. The number of carboxylic acids is 1. The second kappa shape index (κ2) is 9.51. The number of carbonyl (C=O) groups is 2. The van der Waals surface area contributed by atoms with E-state index in [9.17, 15) is 31.1 Å². The normalized spacial score (nSPS) is 17.7. The summed E-state index contributed by atoms with van der Waals surface area (Å²) in [7, 11) is 0. The predicted octanol–water partition coefficient (Wildman–Crippen LogP) is 3.68. The summed E-state index contributed by atoms with van der Waals surface area (Å²) in [5.41, 5.74) is 5.20. The fraction of sp³-hybridized carbons (Fsp3) is 0.286. The number of fused-ring (bicyclic) bond motifs is 1. The van der Waals surface area contributed by atoms with Crippen molar-refractivity contribution in [3.8, 4) is 0 Å². The first-order chi connectivity index (χ1) is 15.2. The Morgan fingerprint density at radius 1 is 1.09 bits per heavy atom. The van der Waals surface area contributed by atoms with Crippen molar-refractivity contribution in [3.05, 3.63) is 70.8 Å². The standard InChI is InChI=1S/C19H18F3N3O.C2HF3O2/c1-12(26)24-11-13-7-8-16-14(9-13)10-18(19(20,21)22,25-17(16)23)15-5-3-2-4-6-15;3-2(4,5)1(6)7/h2-9H,10-11H2,1H3,(H2,23,25)(H,24,26);(H,6,7). The van der Waals surface area contributed by atoms with Gasteiger partial charge in [-0.2, -0.15) is 26.3 Å². The Morgan fingerprint density at radius 3 is 2.15 bits per heavy atom.